The third kappa shape index (κ3) is 3.48. The highest BCUT2D eigenvalue weighted by Gasteiger charge is 2.45. The first-order valence-corrected chi connectivity index (χ1v) is 11.7. The van der Waals surface area contributed by atoms with E-state index < -0.39 is 0 Å². The van der Waals surface area contributed by atoms with Crippen LogP contribution in [0.15, 0.2) is 54.6 Å². The van der Waals surface area contributed by atoms with Gasteiger partial charge in [-0.05, 0) is 31.5 Å². The van der Waals surface area contributed by atoms with E-state index in [4.69, 9.17) is 9.84 Å². The SMILES string of the molecule is CC1N(C)c2c3c(nn2C(C)C1(C)C)CN(C(=O)c1ccccc1OCc1ccccc1)C3. The van der Waals surface area contributed by atoms with Crippen molar-refractivity contribution in [2.45, 2.75) is 59.5 Å². The molecule has 0 fully saturated rings. The minimum absolute atomic E-state index is 0.0182. The number of benzene rings is 2. The quantitative estimate of drug-likeness (QED) is 0.565. The number of anilines is 1. The highest BCUT2D eigenvalue weighted by atomic mass is 16.5. The number of amides is 1. The molecule has 0 aliphatic carbocycles. The lowest BCUT2D eigenvalue weighted by atomic mass is 9.76. The highest BCUT2D eigenvalue weighted by Crippen LogP contribution is 2.47. The minimum Gasteiger partial charge on any atom is -0.488 e. The first-order valence-electron chi connectivity index (χ1n) is 11.7. The van der Waals surface area contributed by atoms with Gasteiger partial charge >= 0.3 is 0 Å². The van der Waals surface area contributed by atoms with Gasteiger partial charge in [0, 0.05) is 24.1 Å². The molecule has 3 aromatic rings. The van der Waals surface area contributed by atoms with E-state index in [0.29, 0.717) is 43.1 Å². The van der Waals surface area contributed by atoms with Gasteiger partial charge in [-0.2, -0.15) is 5.10 Å². The number of aromatic nitrogens is 2. The van der Waals surface area contributed by atoms with Crippen LogP contribution >= 0.6 is 0 Å². The molecule has 2 aliphatic rings. The fourth-order valence-corrected chi connectivity index (χ4v) is 5.03. The zero-order chi connectivity index (χ0) is 23.3. The van der Waals surface area contributed by atoms with Crippen LogP contribution in [0.25, 0.3) is 0 Å². The van der Waals surface area contributed by atoms with E-state index >= 15 is 0 Å². The lowest BCUT2D eigenvalue weighted by Gasteiger charge is -2.48. The Labute approximate surface area is 195 Å². The van der Waals surface area contributed by atoms with Crippen LogP contribution in [0.1, 0.15) is 60.9 Å². The normalized spacial score (nSPS) is 21.0. The lowest BCUT2D eigenvalue weighted by molar-refractivity contribution is 0.0741. The predicted molar refractivity (Wildman–Crippen MR) is 129 cm³/mol. The van der Waals surface area contributed by atoms with Crippen molar-refractivity contribution in [2.75, 3.05) is 11.9 Å². The molecule has 1 aromatic heterocycles. The van der Waals surface area contributed by atoms with Crippen molar-refractivity contribution in [3.05, 3.63) is 77.0 Å². The Hall–Kier alpha value is -3.28. The zero-order valence-electron chi connectivity index (χ0n) is 20.1. The summed E-state index contributed by atoms with van der Waals surface area (Å²) >= 11 is 0. The van der Waals surface area contributed by atoms with Gasteiger partial charge < -0.3 is 14.5 Å². The molecule has 0 saturated heterocycles. The van der Waals surface area contributed by atoms with Crippen LogP contribution in [0.4, 0.5) is 5.82 Å². The Kier molecular flexibility index (Phi) is 5.19. The molecule has 6 heteroatoms. The molecular formula is C27H32N4O2. The lowest BCUT2D eigenvalue weighted by Crippen LogP contribution is -2.51. The van der Waals surface area contributed by atoms with Crippen molar-refractivity contribution in [3.8, 4) is 5.75 Å². The van der Waals surface area contributed by atoms with Crippen molar-refractivity contribution in [1.82, 2.24) is 14.7 Å². The van der Waals surface area contributed by atoms with E-state index in [1.54, 1.807) is 0 Å². The van der Waals surface area contributed by atoms with Gasteiger partial charge in [0.2, 0.25) is 0 Å². The number of carbonyl (C=O) groups excluding carboxylic acids is 1. The largest absolute Gasteiger partial charge is 0.488 e. The van der Waals surface area contributed by atoms with Gasteiger partial charge in [-0.3, -0.25) is 4.79 Å². The van der Waals surface area contributed by atoms with Crippen LogP contribution < -0.4 is 9.64 Å². The molecular weight excluding hydrogens is 412 g/mol. The molecule has 2 aliphatic heterocycles. The molecule has 0 saturated carbocycles. The number of carbonyl (C=O) groups is 1. The standard InChI is InChI=1S/C27H32N4O2/c1-18-27(3,4)19(2)31-25(29(18)5)22-15-30(16-23(22)28-31)26(32)21-13-9-10-14-24(21)33-17-20-11-7-6-8-12-20/h6-14,18-19H,15-17H2,1-5H3. The summed E-state index contributed by atoms with van der Waals surface area (Å²) in [5.41, 5.74) is 3.94. The Morgan fingerprint density at radius 3 is 2.48 bits per heavy atom. The molecule has 172 valence electrons. The smallest absolute Gasteiger partial charge is 0.258 e. The second kappa shape index (κ2) is 7.94. The first kappa shape index (κ1) is 21.6. The van der Waals surface area contributed by atoms with Crippen molar-refractivity contribution >= 4 is 11.7 Å². The molecule has 5 rings (SSSR count). The molecule has 33 heavy (non-hydrogen) atoms. The third-order valence-corrected chi connectivity index (χ3v) is 7.83. The van der Waals surface area contributed by atoms with Gasteiger partial charge in [0.25, 0.3) is 5.91 Å². The fourth-order valence-electron chi connectivity index (χ4n) is 5.03. The van der Waals surface area contributed by atoms with E-state index in [-0.39, 0.29) is 11.3 Å². The number of fused-ring (bicyclic) bond motifs is 3. The van der Waals surface area contributed by atoms with E-state index in [9.17, 15) is 4.79 Å². The minimum atomic E-state index is -0.0182. The fraction of sp³-hybridized carbons (Fsp3) is 0.407. The predicted octanol–water partition coefficient (Wildman–Crippen LogP) is 5.04. The number of hydrogen-bond acceptors (Lipinski definition) is 4. The zero-order valence-corrected chi connectivity index (χ0v) is 20.1. The average molecular weight is 445 g/mol. The summed E-state index contributed by atoms with van der Waals surface area (Å²) in [6.45, 7) is 10.7. The maximum Gasteiger partial charge on any atom is 0.258 e. The van der Waals surface area contributed by atoms with Gasteiger partial charge in [-0.15, -0.1) is 0 Å². The molecule has 1 amide bonds. The summed E-state index contributed by atoms with van der Waals surface area (Å²) in [5.74, 6) is 1.74. The summed E-state index contributed by atoms with van der Waals surface area (Å²) in [4.78, 5) is 17.7. The monoisotopic (exact) mass is 444 g/mol. The average Bonchev–Trinajstić information content (AvgIpc) is 3.39. The van der Waals surface area contributed by atoms with Gasteiger partial charge in [-0.25, -0.2) is 4.68 Å². The number of hydrogen-bond donors (Lipinski definition) is 0. The van der Waals surface area contributed by atoms with Crippen LogP contribution in [0.2, 0.25) is 0 Å². The van der Waals surface area contributed by atoms with E-state index in [1.807, 2.05) is 59.5 Å². The molecule has 0 N–H and O–H groups in total. The van der Waals surface area contributed by atoms with E-state index in [0.717, 1.165) is 17.1 Å². The second-order valence-electron chi connectivity index (χ2n) is 9.91. The molecule has 0 spiro atoms. The molecule has 2 atom stereocenters. The van der Waals surface area contributed by atoms with Crippen LogP contribution in [-0.4, -0.2) is 33.7 Å². The van der Waals surface area contributed by atoms with Crippen LogP contribution in [0, 0.1) is 5.41 Å². The summed E-state index contributed by atoms with van der Waals surface area (Å²) < 4.78 is 8.22. The van der Waals surface area contributed by atoms with Gasteiger partial charge in [0.15, 0.2) is 0 Å². The molecule has 6 nitrogen and oxygen atoms in total. The third-order valence-electron chi connectivity index (χ3n) is 7.83. The Balaban J connectivity index is 1.38. The summed E-state index contributed by atoms with van der Waals surface area (Å²) in [7, 11) is 2.14. The maximum atomic E-state index is 13.5. The van der Waals surface area contributed by atoms with Crippen molar-refractivity contribution < 1.29 is 9.53 Å². The number of nitrogens with zero attached hydrogens (tertiary/aromatic N) is 4. The van der Waals surface area contributed by atoms with Crippen LogP contribution in [-0.2, 0) is 19.7 Å². The summed E-state index contributed by atoms with van der Waals surface area (Å²) in [6.07, 6.45) is 0. The number of rotatable bonds is 4. The van der Waals surface area contributed by atoms with E-state index in [2.05, 4.69) is 44.3 Å². The Bertz CT molecular complexity index is 1180. The highest BCUT2D eigenvalue weighted by molar-refractivity contribution is 5.97. The van der Waals surface area contributed by atoms with E-state index in [1.165, 1.54) is 5.56 Å². The van der Waals surface area contributed by atoms with Crippen molar-refractivity contribution in [2.24, 2.45) is 5.41 Å². The second-order valence-corrected chi connectivity index (χ2v) is 9.91. The summed E-state index contributed by atoms with van der Waals surface area (Å²) in [5, 5.41) is 4.97. The Morgan fingerprint density at radius 2 is 1.73 bits per heavy atom. The number of para-hydroxylation sites is 1. The first-order chi connectivity index (χ1) is 15.8. The topological polar surface area (TPSA) is 50.6 Å². The number of ether oxygens (including phenoxy) is 1. The van der Waals surface area contributed by atoms with Crippen LogP contribution in [0.3, 0.4) is 0 Å². The van der Waals surface area contributed by atoms with Gasteiger partial charge in [-0.1, -0.05) is 56.3 Å². The van der Waals surface area contributed by atoms with Gasteiger partial charge in [0.1, 0.15) is 18.2 Å². The van der Waals surface area contributed by atoms with Crippen molar-refractivity contribution in [3.63, 3.8) is 0 Å². The molecule has 3 heterocycles. The maximum absolute atomic E-state index is 13.5. The van der Waals surface area contributed by atoms with Crippen molar-refractivity contribution in [1.29, 1.82) is 0 Å². The molecule has 2 aromatic carbocycles. The summed E-state index contributed by atoms with van der Waals surface area (Å²) in [6, 6.07) is 18.2. The van der Waals surface area contributed by atoms with Gasteiger partial charge in [0.05, 0.1) is 30.4 Å². The molecule has 0 bridgehead atoms. The van der Waals surface area contributed by atoms with Crippen LogP contribution in [0.5, 0.6) is 5.75 Å². The molecule has 0 radical (unpaired) electrons. The molecule has 2 unspecified atom stereocenters. The Morgan fingerprint density at radius 1 is 1.03 bits per heavy atom.